The number of hydrogen-bond donors (Lipinski definition) is 2. The van der Waals surface area contributed by atoms with Crippen molar-refractivity contribution in [2.24, 2.45) is 5.73 Å². The van der Waals surface area contributed by atoms with Crippen molar-refractivity contribution in [3.8, 4) is 0 Å². The summed E-state index contributed by atoms with van der Waals surface area (Å²) >= 11 is 3.39. The van der Waals surface area contributed by atoms with E-state index in [9.17, 15) is 4.79 Å². The molecular weight excluding hydrogens is 304 g/mol. The van der Waals surface area contributed by atoms with E-state index in [4.69, 9.17) is 5.73 Å². The molecule has 0 aliphatic rings. The molecular formula is C15H15BrN2O. The molecule has 0 spiro atoms. The van der Waals surface area contributed by atoms with E-state index in [-0.39, 0.29) is 5.91 Å². The molecule has 0 aliphatic heterocycles. The van der Waals surface area contributed by atoms with E-state index in [0.29, 0.717) is 6.42 Å². The lowest BCUT2D eigenvalue weighted by atomic mass is 10.1. The lowest BCUT2D eigenvalue weighted by Gasteiger charge is -2.13. The van der Waals surface area contributed by atoms with Crippen LogP contribution < -0.4 is 11.1 Å². The Labute approximate surface area is 121 Å². The van der Waals surface area contributed by atoms with Gasteiger partial charge in [0.1, 0.15) is 0 Å². The number of nitrogens with two attached hydrogens (primary N) is 1. The molecule has 98 valence electrons. The normalized spacial score (nSPS) is 11.9. The maximum atomic E-state index is 12.0. The second-order valence-corrected chi connectivity index (χ2v) is 5.12. The van der Waals surface area contributed by atoms with Crippen molar-refractivity contribution in [1.82, 2.24) is 0 Å². The smallest absolute Gasteiger partial charge is 0.241 e. The van der Waals surface area contributed by atoms with Gasteiger partial charge in [0, 0.05) is 4.47 Å². The van der Waals surface area contributed by atoms with Crippen molar-refractivity contribution in [3.63, 3.8) is 0 Å². The first-order chi connectivity index (χ1) is 9.16. The molecule has 0 saturated heterocycles. The summed E-state index contributed by atoms with van der Waals surface area (Å²) in [5, 5.41) is 2.82. The van der Waals surface area contributed by atoms with Crippen LogP contribution in [0.15, 0.2) is 59.1 Å². The number of carbonyl (C=O) groups is 1. The Morgan fingerprint density at radius 2 is 1.74 bits per heavy atom. The molecule has 4 heteroatoms. The Bertz CT molecular complexity index is 557. The van der Waals surface area contributed by atoms with E-state index >= 15 is 0 Å². The fourth-order valence-electron chi connectivity index (χ4n) is 1.75. The highest BCUT2D eigenvalue weighted by Gasteiger charge is 2.14. The highest BCUT2D eigenvalue weighted by molar-refractivity contribution is 9.10. The number of anilines is 1. The van der Waals surface area contributed by atoms with Gasteiger partial charge in [-0.25, -0.2) is 0 Å². The average molecular weight is 319 g/mol. The lowest BCUT2D eigenvalue weighted by Crippen LogP contribution is -2.37. The first-order valence-electron chi connectivity index (χ1n) is 6.01. The predicted octanol–water partition coefficient (Wildman–Crippen LogP) is 2.96. The van der Waals surface area contributed by atoms with Crippen molar-refractivity contribution in [3.05, 3.63) is 64.6 Å². The van der Waals surface area contributed by atoms with Gasteiger partial charge in [-0.05, 0) is 40.0 Å². The molecule has 2 aromatic rings. The number of benzene rings is 2. The lowest BCUT2D eigenvalue weighted by molar-refractivity contribution is -0.117. The average Bonchev–Trinajstić information content (AvgIpc) is 2.42. The third-order valence-electron chi connectivity index (χ3n) is 2.77. The molecule has 0 heterocycles. The van der Waals surface area contributed by atoms with Crippen LogP contribution in [0.5, 0.6) is 0 Å². The first-order valence-corrected chi connectivity index (χ1v) is 6.81. The minimum atomic E-state index is -0.561. The van der Waals surface area contributed by atoms with Crippen molar-refractivity contribution in [1.29, 1.82) is 0 Å². The van der Waals surface area contributed by atoms with Gasteiger partial charge in [0.15, 0.2) is 0 Å². The third kappa shape index (κ3) is 3.91. The van der Waals surface area contributed by atoms with Gasteiger partial charge in [-0.3, -0.25) is 4.79 Å². The summed E-state index contributed by atoms with van der Waals surface area (Å²) in [4.78, 5) is 12.0. The van der Waals surface area contributed by atoms with Crippen LogP contribution >= 0.6 is 15.9 Å². The van der Waals surface area contributed by atoms with E-state index in [1.54, 1.807) is 0 Å². The summed E-state index contributed by atoms with van der Waals surface area (Å²) in [7, 11) is 0. The maximum Gasteiger partial charge on any atom is 0.241 e. The van der Waals surface area contributed by atoms with Crippen LogP contribution in [0.1, 0.15) is 5.56 Å². The van der Waals surface area contributed by atoms with Gasteiger partial charge >= 0.3 is 0 Å². The second kappa shape index (κ2) is 6.50. The Morgan fingerprint density at radius 1 is 1.11 bits per heavy atom. The molecule has 2 aromatic carbocycles. The molecule has 0 aromatic heterocycles. The number of nitrogens with one attached hydrogen (secondary N) is 1. The zero-order valence-corrected chi connectivity index (χ0v) is 11.9. The van der Waals surface area contributed by atoms with Crippen LogP contribution in [0.2, 0.25) is 0 Å². The summed E-state index contributed by atoms with van der Waals surface area (Å²) in [6.07, 6.45) is 0.525. The Kier molecular flexibility index (Phi) is 4.71. The molecule has 0 aliphatic carbocycles. The van der Waals surface area contributed by atoms with Crippen LogP contribution in [-0.4, -0.2) is 11.9 Å². The predicted molar refractivity (Wildman–Crippen MR) is 80.9 cm³/mol. The van der Waals surface area contributed by atoms with E-state index in [1.807, 2.05) is 54.6 Å². The maximum absolute atomic E-state index is 12.0. The zero-order chi connectivity index (χ0) is 13.7. The van der Waals surface area contributed by atoms with Crippen LogP contribution in [0, 0.1) is 0 Å². The molecule has 2 rings (SSSR count). The second-order valence-electron chi connectivity index (χ2n) is 4.27. The van der Waals surface area contributed by atoms with Gasteiger partial charge in [0.2, 0.25) is 5.91 Å². The number of rotatable bonds is 4. The van der Waals surface area contributed by atoms with Crippen LogP contribution in [0.25, 0.3) is 0 Å². The largest absolute Gasteiger partial charge is 0.324 e. The third-order valence-corrected chi connectivity index (χ3v) is 3.46. The van der Waals surface area contributed by atoms with Crippen molar-refractivity contribution < 1.29 is 4.79 Å². The highest BCUT2D eigenvalue weighted by atomic mass is 79.9. The molecule has 0 radical (unpaired) electrons. The van der Waals surface area contributed by atoms with E-state index in [1.165, 1.54) is 0 Å². The van der Waals surface area contributed by atoms with Crippen LogP contribution in [0.3, 0.4) is 0 Å². The summed E-state index contributed by atoms with van der Waals surface area (Å²) in [5.41, 5.74) is 7.71. The number of para-hydroxylation sites is 1. The molecule has 0 bridgehead atoms. The molecule has 1 amide bonds. The number of halogens is 1. The van der Waals surface area contributed by atoms with E-state index in [0.717, 1.165) is 15.7 Å². The highest BCUT2D eigenvalue weighted by Crippen LogP contribution is 2.21. The standard InChI is InChI=1S/C15H15BrN2O/c16-12-8-4-5-9-14(12)18-15(19)13(17)10-11-6-2-1-3-7-11/h1-9,13H,10,17H2,(H,18,19)/t13-/m1/s1. The van der Waals surface area contributed by atoms with E-state index in [2.05, 4.69) is 21.2 Å². The summed E-state index contributed by atoms with van der Waals surface area (Å²) in [6.45, 7) is 0. The molecule has 0 fully saturated rings. The fraction of sp³-hybridized carbons (Fsp3) is 0.133. The van der Waals surface area contributed by atoms with Gasteiger partial charge in [0.05, 0.1) is 11.7 Å². The topological polar surface area (TPSA) is 55.1 Å². The SMILES string of the molecule is N[C@H](Cc1ccccc1)C(=O)Nc1ccccc1Br. The van der Waals surface area contributed by atoms with Crippen molar-refractivity contribution >= 4 is 27.5 Å². The molecule has 0 saturated carbocycles. The molecule has 19 heavy (non-hydrogen) atoms. The number of hydrogen-bond acceptors (Lipinski definition) is 2. The van der Waals surface area contributed by atoms with Gasteiger partial charge in [-0.2, -0.15) is 0 Å². The Balaban J connectivity index is 1.99. The fourth-order valence-corrected chi connectivity index (χ4v) is 2.13. The van der Waals surface area contributed by atoms with Gasteiger partial charge in [-0.15, -0.1) is 0 Å². The molecule has 1 atom stereocenters. The monoisotopic (exact) mass is 318 g/mol. The van der Waals surface area contributed by atoms with E-state index < -0.39 is 6.04 Å². The molecule has 3 nitrogen and oxygen atoms in total. The quantitative estimate of drug-likeness (QED) is 0.910. The Hall–Kier alpha value is -1.65. The Morgan fingerprint density at radius 3 is 2.42 bits per heavy atom. The van der Waals surface area contributed by atoms with Crippen LogP contribution in [-0.2, 0) is 11.2 Å². The number of carbonyl (C=O) groups excluding carboxylic acids is 1. The minimum absolute atomic E-state index is 0.184. The minimum Gasteiger partial charge on any atom is -0.324 e. The zero-order valence-electron chi connectivity index (χ0n) is 10.3. The van der Waals surface area contributed by atoms with Crippen molar-refractivity contribution in [2.75, 3.05) is 5.32 Å². The van der Waals surface area contributed by atoms with Gasteiger partial charge < -0.3 is 11.1 Å². The number of amides is 1. The summed E-state index contributed by atoms with van der Waals surface area (Å²) in [6, 6.07) is 16.6. The van der Waals surface area contributed by atoms with Crippen LogP contribution in [0.4, 0.5) is 5.69 Å². The van der Waals surface area contributed by atoms with Gasteiger partial charge in [-0.1, -0.05) is 42.5 Å². The summed E-state index contributed by atoms with van der Waals surface area (Å²) < 4.78 is 0.843. The molecule has 3 N–H and O–H groups in total. The van der Waals surface area contributed by atoms with Gasteiger partial charge in [0.25, 0.3) is 0 Å². The molecule has 0 unspecified atom stereocenters. The van der Waals surface area contributed by atoms with Crippen molar-refractivity contribution in [2.45, 2.75) is 12.5 Å². The summed E-state index contributed by atoms with van der Waals surface area (Å²) in [5.74, 6) is -0.184. The first kappa shape index (κ1) is 13.8.